The first-order valence-corrected chi connectivity index (χ1v) is 8.55. The molecule has 8 heteroatoms. The van der Waals surface area contributed by atoms with Crippen molar-refractivity contribution in [2.45, 2.75) is 0 Å². The summed E-state index contributed by atoms with van der Waals surface area (Å²) in [5.41, 5.74) is 2.79. The molecule has 0 saturated carbocycles. The van der Waals surface area contributed by atoms with Gasteiger partial charge >= 0.3 is 6.03 Å². The Labute approximate surface area is 160 Å². The molecule has 0 fully saturated rings. The van der Waals surface area contributed by atoms with Crippen molar-refractivity contribution >= 4 is 17.5 Å². The average Bonchev–Trinajstić information content (AvgIpc) is 3.13. The molecule has 0 bridgehead atoms. The van der Waals surface area contributed by atoms with Crippen molar-refractivity contribution in [3.63, 3.8) is 0 Å². The highest BCUT2D eigenvalue weighted by molar-refractivity contribution is 5.89. The number of fused-ring (bicyclic) bond motifs is 1. The first-order chi connectivity index (χ1) is 13.5. The SMILES string of the molecule is CN(C)C(=O)Nc1ccc(F)c(-c2cn3cc(-c4ccccn4)cnc3n2)c1. The van der Waals surface area contributed by atoms with E-state index in [1.165, 1.54) is 17.0 Å². The Bertz CT molecular complexity index is 1160. The number of nitrogens with zero attached hydrogens (tertiary/aromatic N) is 5. The third kappa shape index (κ3) is 3.39. The number of amides is 2. The van der Waals surface area contributed by atoms with E-state index in [1.807, 2.05) is 24.4 Å². The van der Waals surface area contributed by atoms with Crippen LogP contribution in [0.15, 0.2) is 61.2 Å². The Morgan fingerprint density at radius 3 is 2.71 bits per heavy atom. The van der Waals surface area contributed by atoms with E-state index in [0.717, 1.165) is 11.3 Å². The molecule has 140 valence electrons. The minimum absolute atomic E-state index is 0.279. The van der Waals surface area contributed by atoms with Gasteiger partial charge in [0, 0.05) is 55.7 Å². The van der Waals surface area contributed by atoms with Crippen LogP contribution in [0.2, 0.25) is 0 Å². The second-order valence-electron chi connectivity index (χ2n) is 6.41. The maximum atomic E-state index is 14.4. The van der Waals surface area contributed by atoms with Gasteiger partial charge in [-0.25, -0.2) is 19.2 Å². The number of carbonyl (C=O) groups excluding carboxylic acids is 1. The molecule has 0 spiro atoms. The molecule has 4 rings (SSSR count). The normalized spacial score (nSPS) is 10.8. The predicted molar refractivity (Wildman–Crippen MR) is 104 cm³/mol. The number of pyridine rings is 1. The zero-order valence-electron chi connectivity index (χ0n) is 15.3. The molecular formula is C20H17FN6O. The highest BCUT2D eigenvalue weighted by atomic mass is 19.1. The molecule has 0 atom stereocenters. The van der Waals surface area contributed by atoms with Gasteiger partial charge in [-0.2, -0.15) is 0 Å². The van der Waals surface area contributed by atoms with Gasteiger partial charge in [0.1, 0.15) is 5.82 Å². The fourth-order valence-electron chi connectivity index (χ4n) is 2.71. The first-order valence-electron chi connectivity index (χ1n) is 8.55. The summed E-state index contributed by atoms with van der Waals surface area (Å²) in [6, 6.07) is 9.69. The van der Waals surface area contributed by atoms with Crippen LogP contribution >= 0.6 is 0 Å². The summed E-state index contributed by atoms with van der Waals surface area (Å²) < 4.78 is 16.1. The van der Waals surface area contributed by atoms with Gasteiger partial charge in [-0.1, -0.05) is 6.07 Å². The zero-order valence-corrected chi connectivity index (χ0v) is 15.3. The van der Waals surface area contributed by atoms with Gasteiger partial charge in [0.25, 0.3) is 0 Å². The lowest BCUT2D eigenvalue weighted by Gasteiger charge is -2.12. The summed E-state index contributed by atoms with van der Waals surface area (Å²) in [5.74, 6) is 0.00742. The van der Waals surface area contributed by atoms with Crippen molar-refractivity contribution in [3.05, 3.63) is 67.0 Å². The van der Waals surface area contributed by atoms with E-state index in [2.05, 4.69) is 20.3 Å². The van der Waals surface area contributed by atoms with Crippen molar-refractivity contribution < 1.29 is 9.18 Å². The first kappa shape index (κ1) is 17.6. The molecule has 28 heavy (non-hydrogen) atoms. The second kappa shape index (κ2) is 7.07. The van der Waals surface area contributed by atoms with E-state index >= 15 is 0 Å². The van der Waals surface area contributed by atoms with Crippen LogP contribution in [0.3, 0.4) is 0 Å². The predicted octanol–water partition coefficient (Wildman–Crippen LogP) is 3.69. The van der Waals surface area contributed by atoms with Gasteiger partial charge in [-0.3, -0.25) is 9.38 Å². The van der Waals surface area contributed by atoms with Crippen molar-refractivity contribution in [1.82, 2.24) is 24.3 Å². The minimum atomic E-state index is -0.434. The number of anilines is 1. The van der Waals surface area contributed by atoms with Gasteiger partial charge < -0.3 is 10.2 Å². The molecule has 4 aromatic rings. The summed E-state index contributed by atoms with van der Waals surface area (Å²) in [4.78, 5) is 26.3. The lowest BCUT2D eigenvalue weighted by Crippen LogP contribution is -2.27. The molecule has 0 radical (unpaired) electrons. The van der Waals surface area contributed by atoms with Crippen molar-refractivity contribution in [3.8, 4) is 22.5 Å². The molecule has 0 aliphatic rings. The van der Waals surface area contributed by atoms with Gasteiger partial charge in [-0.05, 0) is 30.3 Å². The van der Waals surface area contributed by atoms with Gasteiger partial charge in [0.15, 0.2) is 0 Å². The average molecular weight is 376 g/mol. The Kier molecular flexibility index (Phi) is 4.44. The molecule has 0 saturated heterocycles. The summed E-state index contributed by atoms with van der Waals surface area (Å²) in [5, 5.41) is 2.70. The number of carbonyl (C=O) groups is 1. The van der Waals surface area contributed by atoms with E-state index in [9.17, 15) is 9.18 Å². The number of imidazole rings is 1. The molecule has 1 N–H and O–H groups in total. The molecule has 3 heterocycles. The standard InChI is InChI=1S/C20H17FN6O/c1-26(2)20(28)24-14-6-7-16(21)15(9-14)18-12-27-11-13(10-23-19(27)25-18)17-5-3-4-8-22-17/h3-12H,1-2H3,(H,24,28). The van der Waals surface area contributed by atoms with Gasteiger partial charge in [-0.15, -0.1) is 0 Å². The van der Waals surface area contributed by atoms with E-state index in [0.29, 0.717) is 17.2 Å². The van der Waals surface area contributed by atoms with Crippen molar-refractivity contribution in [2.24, 2.45) is 0 Å². The molecule has 3 aromatic heterocycles. The van der Waals surface area contributed by atoms with E-state index < -0.39 is 5.82 Å². The number of aromatic nitrogens is 4. The number of nitrogens with one attached hydrogen (secondary N) is 1. The smallest absolute Gasteiger partial charge is 0.321 e. The number of rotatable bonds is 3. The number of urea groups is 1. The molecule has 7 nitrogen and oxygen atoms in total. The van der Waals surface area contributed by atoms with Crippen LogP contribution in [0.5, 0.6) is 0 Å². The van der Waals surface area contributed by atoms with E-state index in [4.69, 9.17) is 0 Å². The fourth-order valence-corrected chi connectivity index (χ4v) is 2.71. The summed E-state index contributed by atoms with van der Waals surface area (Å²) in [6.07, 6.45) is 6.93. The van der Waals surface area contributed by atoms with Crippen LogP contribution in [-0.4, -0.2) is 44.4 Å². The molecule has 0 aliphatic heterocycles. The highest BCUT2D eigenvalue weighted by Gasteiger charge is 2.13. The quantitative estimate of drug-likeness (QED) is 0.592. The van der Waals surface area contributed by atoms with Crippen LogP contribution in [0, 0.1) is 5.82 Å². The molecule has 0 unspecified atom stereocenters. The number of halogens is 1. The topological polar surface area (TPSA) is 75.4 Å². The fraction of sp³-hybridized carbons (Fsp3) is 0.100. The Balaban J connectivity index is 1.72. The molecule has 0 aliphatic carbocycles. The monoisotopic (exact) mass is 376 g/mol. The number of benzene rings is 1. The van der Waals surface area contributed by atoms with Crippen LogP contribution in [-0.2, 0) is 0 Å². The van der Waals surface area contributed by atoms with Crippen molar-refractivity contribution in [1.29, 1.82) is 0 Å². The summed E-state index contributed by atoms with van der Waals surface area (Å²) in [7, 11) is 3.26. The van der Waals surface area contributed by atoms with E-state index in [-0.39, 0.29) is 11.6 Å². The lowest BCUT2D eigenvalue weighted by molar-refractivity contribution is 0.230. The van der Waals surface area contributed by atoms with Gasteiger partial charge in [0.05, 0.1) is 11.4 Å². The Hall–Kier alpha value is -3.81. The maximum absolute atomic E-state index is 14.4. The third-order valence-corrected chi connectivity index (χ3v) is 4.17. The summed E-state index contributed by atoms with van der Waals surface area (Å²) >= 11 is 0. The molecule has 2 amide bonds. The molecule has 1 aromatic carbocycles. The van der Waals surface area contributed by atoms with Crippen LogP contribution in [0.4, 0.5) is 14.9 Å². The highest BCUT2D eigenvalue weighted by Crippen LogP contribution is 2.26. The minimum Gasteiger partial charge on any atom is -0.331 e. The van der Waals surface area contributed by atoms with E-state index in [1.54, 1.807) is 43.2 Å². The third-order valence-electron chi connectivity index (χ3n) is 4.17. The molecular weight excluding hydrogens is 359 g/mol. The summed E-state index contributed by atoms with van der Waals surface area (Å²) in [6.45, 7) is 0. The van der Waals surface area contributed by atoms with Crippen LogP contribution < -0.4 is 5.32 Å². The largest absolute Gasteiger partial charge is 0.331 e. The Morgan fingerprint density at radius 1 is 1.11 bits per heavy atom. The van der Waals surface area contributed by atoms with Crippen LogP contribution in [0.25, 0.3) is 28.3 Å². The van der Waals surface area contributed by atoms with Crippen molar-refractivity contribution in [2.75, 3.05) is 19.4 Å². The number of hydrogen-bond acceptors (Lipinski definition) is 4. The number of hydrogen-bond donors (Lipinski definition) is 1. The van der Waals surface area contributed by atoms with Crippen LogP contribution in [0.1, 0.15) is 0 Å². The Morgan fingerprint density at radius 2 is 1.96 bits per heavy atom. The van der Waals surface area contributed by atoms with Gasteiger partial charge in [0.2, 0.25) is 5.78 Å². The maximum Gasteiger partial charge on any atom is 0.321 e. The second-order valence-corrected chi connectivity index (χ2v) is 6.41. The lowest BCUT2D eigenvalue weighted by atomic mass is 10.1. The zero-order chi connectivity index (χ0) is 19.7.